The van der Waals surface area contributed by atoms with Crippen molar-refractivity contribution in [3.63, 3.8) is 0 Å². The summed E-state index contributed by atoms with van der Waals surface area (Å²) in [5.41, 5.74) is 6.18. The van der Waals surface area contributed by atoms with E-state index in [9.17, 15) is 14.7 Å². The molecule has 1 heterocycles. The number of ether oxygens (including phenoxy) is 1. The first-order chi connectivity index (χ1) is 14.3. The zero-order valence-electron chi connectivity index (χ0n) is 16.6. The first-order valence-electron chi connectivity index (χ1n) is 9.02. The van der Waals surface area contributed by atoms with Crippen molar-refractivity contribution in [2.24, 2.45) is 5.10 Å². The molecule has 30 heavy (non-hydrogen) atoms. The Kier molecular flexibility index (Phi) is 6.56. The van der Waals surface area contributed by atoms with Crippen molar-refractivity contribution < 1.29 is 19.4 Å². The third-order valence-corrected chi connectivity index (χ3v) is 5.52. The van der Waals surface area contributed by atoms with Gasteiger partial charge >= 0.3 is 5.97 Å². The van der Waals surface area contributed by atoms with Crippen molar-refractivity contribution in [1.29, 1.82) is 0 Å². The molecule has 7 nitrogen and oxygen atoms in total. The maximum absolute atomic E-state index is 12.4. The minimum atomic E-state index is -0.992. The molecule has 2 aromatic carbocycles. The van der Waals surface area contributed by atoms with E-state index in [2.05, 4.69) is 33.1 Å². The lowest BCUT2D eigenvalue weighted by molar-refractivity contribution is 0.0696. The van der Waals surface area contributed by atoms with Crippen LogP contribution in [-0.2, 0) is 0 Å². The van der Waals surface area contributed by atoms with Gasteiger partial charge in [0.25, 0.3) is 5.91 Å². The highest BCUT2D eigenvalue weighted by atomic mass is 127. The van der Waals surface area contributed by atoms with Gasteiger partial charge in [-0.2, -0.15) is 5.10 Å². The number of aromatic nitrogens is 1. The Balaban J connectivity index is 1.84. The summed E-state index contributed by atoms with van der Waals surface area (Å²) in [6.07, 6.45) is 1.55. The number of para-hydroxylation sites is 1. The number of nitrogens with one attached hydrogen (secondary N) is 1. The molecule has 0 aliphatic heterocycles. The lowest BCUT2D eigenvalue weighted by Crippen LogP contribution is -2.17. The fraction of sp³-hybridized carbons (Fsp3) is 0.136. The monoisotopic (exact) mass is 517 g/mol. The summed E-state index contributed by atoms with van der Waals surface area (Å²) < 4.78 is 8.00. The SMILES string of the molecule is COc1cc(C(=O)N/N=C\c2cc(C)n(-c3ccccc3C(=O)O)c2C)ccc1I. The summed E-state index contributed by atoms with van der Waals surface area (Å²) in [6.45, 7) is 3.76. The number of carboxylic acid groups (broad SMARTS) is 1. The van der Waals surface area contributed by atoms with Crippen LogP contribution in [0.2, 0.25) is 0 Å². The third-order valence-electron chi connectivity index (χ3n) is 4.63. The predicted molar refractivity (Wildman–Crippen MR) is 123 cm³/mol. The van der Waals surface area contributed by atoms with Crippen molar-refractivity contribution in [2.75, 3.05) is 7.11 Å². The molecule has 0 radical (unpaired) electrons. The number of hydrazone groups is 1. The second-order valence-electron chi connectivity index (χ2n) is 6.53. The molecule has 3 rings (SSSR count). The van der Waals surface area contributed by atoms with Gasteiger partial charge in [0.1, 0.15) is 5.75 Å². The quantitative estimate of drug-likeness (QED) is 0.292. The largest absolute Gasteiger partial charge is 0.496 e. The maximum atomic E-state index is 12.4. The Morgan fingerprint density at radius 3 is 2.60 bits per heavy atom. The summed E-state index contributed by atoms with van der Waals surface area (Å²) >= 11 is 2.13. The molecular formula is C22H20IN3O4. The fourth-order valence-electron chi connectivity index (χ4n) is 3.16. The lowest BCUT2D eigenvalue weighted by atomic mass is 10.1. The molecule has 2 N–H and O–H groups in total. The van der Waals surface area contributed by atoms with Crippen molar-refractivity contribution in [1.82, 2.24) is 9.99 Å². The molecule has 154 valence electrons. The van der Waals surface area contributed by atoms with E-state index in [-0.39, 0.29) is 11.5 Å². The Hall–Kier alpha value is -3.14. The average Bonchev–Trinajstić information content (AvgIpc) is 3.01. The average molecular weight is 517 g/mol. The van der Waals surface area contributed by atoms with Gasteiger partial charge in [-0.15, -0.1) is 0 Å². The van der Waals surface area contributed by atoms with Crippen LogP contribution in [0.15, 0.2) is 53.6 Å². The number of nitrogens with zero attached hydrogens (tertiary/aromatic N) is 2. The number of rotatable bonds is 6. The van der Waals surface area contributed by atoms with E-state index in [0.29, 0.717) is 17.0 Å². The van der Waals surface area contributed by atoms with Crippen molar-refractivity contribution in [3.05, 3.63) is 80.2 Å². The van der Waals surface area contributed by atoms with Crippen LogP contribution in [0.3, 0.4) is 0 Å². The predicted octanol–water partition coefficient (Wildman–Crippen LogP) is 4.17. The number of carboxylic acids is 1. The zero-order valence-corrected chi connectivity index (χ0v) is 18.8. The molecule has 1 amide bonds. The number of aryl methyl sites for hydroxylation is 1. The van der Waals surface area contributed by atoms with Crippen molar-refractivity contribution in [3.8, 4) is 11.4 Å². The summed E-state index contributed by atoms with van der Waals surface area (Å²) in [6, 6.07) is 13.9. The van der Waals surface area contributed by atoms with E-state index in [0.717, 1.165) is 20.5 Å². The highest BCUT2D eigenvalue weighted by Gasteiger charge is 2.16. The molecule has 0 bridgehead atoms. The topological polar surface area (TPSA) is 92.9 Å². The molecule has 0 atom stereocenters. The maximum Gasteiger partial charge on any atom is 0.337 e. The molecule has 0 unspecified atom stereocenters. The van der Waals surface area contributed by atoms with E-state index < -0.39 is 5.97 Å². The van der Waals surface area contributed by atoms with Gasteiger partial charge in [0.15, 0.2) is 0 Å². The standard InChI is InChI=1S/C22H20IN3O4/c1-13-10-16(14(2)26(13)19-7-5-4-6-17(19)22(28)29)12-24-25-21(27)15-8-9-18(23)20(11-15)30-3/h4-12H,1-3H3,(H,25,27)(H,28,29)/b24-12-. The molecular weight excluding hydrogens is 497 g/mol. The number of hydrogen-bond donors (Lipinski definition) is 2. The van der Waals surface area contributed by atoms with E-state index in [1.807, 2.05) is 24.5 Å². The first kappa shape index (κ1) is 21.6. The van der Waals surface area contributed by atoms with Crippen LogP contribution in [0.1, 0.15) is 37.7 Å². The molecule has 0 aliphatic rings. The molecule has 0 spiro atoms. The summed E-state index contributed by atoms with van der Waals surface area (Å²) in [7, 11) is 1.55. The number of carbonyl (C=O) groups is 2. The normalized spacial score (nSPS) is 10.9. The van der Waals surface area contributed by atoms with Gasteiger partial charge in [-0.05, 0) is 72.8 Å². The number of amides is 1. The molecule has 0 aliphatic carbocycles. The Morgan fingerprint density at radius 2 is 1.90 bits per heavy atom. The number of benzene rings is 2. The van der Waals surface area contributed by atoms with Crippen LogP contribution in [0, 0.1) is 17.4 Å². The highest BCUT2D eigenvalue weighted by molar-refractivity contribution is 14.1. The van der Waals surface area contributed by atoms with E-state index in [4.69, 9.17) is 4.74 Å². The van der Waals surface area contributed by atoms with Gasteiger partial charge in [0.05, 0.1) is 28.1 Å². The lowest BCUT2D eigenvalue weighted by Gasteiger charge is -2.12. The minimum absolute atomic E-state index is 0.212. The Bertz CT molecular complexity index is 1150. The number of hydrogen-bond acceptors (Lipinski definition) is 4. The summed E-state index contributed by atoms with van der Waals surface area (Å²) in [5.74, 6) is -0.729. The number of aromatic carboxylic acids is 1. The third kappa shape index (κ3) is 4.38. The van der Waals surface area contributed by atoms with Gasteiger partial charge in [0.2, 0.25) is 0 Å². The van der Waals surface area contributed by atoms with Crippen LogP contribution in [0.5, 0.6) is 5.75 Å². The molecule has 8 heteroatoms. The highest BCUT2D eigenvalue weighted by Crippen LogP contribution is 2.23. The van der Waals surface area contributed by atoms with Crippen molar-refractivity contribution in [2.45, 2.75) is 13.8 Å². The number of methoxy groups -OCH3 is 1. The van der Waals surface area contributed by atoms with Crippen LogP contribution in [-0.4, -0.2) is 34.9 Å². The number of halogens is 1. The molecule has 1 aromatic heterocycles. The second kappa shape index (κ2) is 9.12. The minimum Gasteiger partial charge on any atom is -0.496 e. The van der Waals surface area contributed by atoms with Crippen LogP contribution in [0.25, 0.3) is 5.69 Å². The zero-order chi connectivity index (χ0) is 21.8. The van der Waals surface area contributed by atoms with Gasteiger partial charge in [-0.1, -0.05) is 12.1 Å². The summed E-state index contributed by atoms with van der Waals surface area (Å²) in [5, 5.41) is 13.5. The Labute approximate surface area is 187 Å². The smallest absolute Gasteiger partial charge is 0.337 e. The van der Waals surface area contributed by atoms with Gasteiger partial charge in [-0.3, -0.25) is 4.79 Å². The molecule has 0 saturated carbocycles. The Morgan fingerprint density at radius 1 is 1.17 bits per heavy atom. The molecule has 0 saturated heterocycles. The molecule has 0 fully saturated rings. The van der Waals surface area contributed by atoms with E-state index in [1.54, 1.807) is 55.8 Å². The van der Waals surface area contributed by atoms with Crippen LogP contribution in [0.4, 0.5) is 0 Å². The van der Waals surface area contributed by atoms with Crippen LogP contribution >= 0.6 is 22.6 Å². The van der Waals surface area contributed by atoms with E-state index >= 15 is 0 Å². The van der Waals surface area contributed by atoms with E-state index in [1.165, 1.54) is 0 Å². The first-order valence-corrected chi connectivity index (χ1v) is 10.1. The van der Waals surface area contributed by atoms with Gasteiger partial charge in [0, 0.05) is 22.5 Å². The second-order valence-corrected chi connectivity index (χ2v) is 7.69. The van der Waals surface area contributed by atoms with Gasteiger partial charge in [-0.25, -0.2) is 10.2 Å². The van der Waals surface area contributed by atoms with Gasteiger partial charge < -0.3 is 14.4 Å². The van der Waals surface area contributed by atoms with Crippen molar-refractivity contribution >= 4 is 40.7 Å². The van der Waals surface area contributed by atoms with Crippen LogP contribution < -0.4 is 10.2 Å². The number of carbonyl (C=O) groups excluding carboxylic acids is 1. The molecule has 3 aromatic rings. The fourth-order valence-corrected chi connectivity index (χ4v) is 3.72. The summed E-state index contributed by atoms with van der Waals surface area (Å²) in [4.78, 5) is 23.9.